The zero-order valence-corrected chi connectivity index (χ0v) is 18.8. The van der Waals surface area contributed by atoms with Crippen molar-refractivity contribution in [3.8, 4) is 17.1 Å². The number of aliphatic imine (C=N–C) groups is 1. The zero-order chi connectivity index (χ0) is 22.8. The SMILES string of the molecule is CN(C)C(=O)c1cccc(-c2cc(C3=NCc4ccnc(OC5CCOCC5)c43)ccn2)c1. The Morgan fingerprint density at radius 1 is 1.03 bits per heavy atom. The van der Waals surface area contributed by atoms with Crippen molar-refractivity contribution in [3.63, 3.8) is 0 Å². The van der Waals surface area contributed by atoms with E-state index in [-0.39, 0.29) is 12.0 Å². The number of rotatable bonds is 5. The first-order valence-electron chi connectivity index (χ1n) is 11.2. The lowest BCUT2D eigenvalue weighted by atomic mass is 9.99. The molecule has 0 radical (unpaired) electrons. The summed E-state index contributed by atoms with van der Waals surface area (Å²) in [7, 11) is 3.50. The van der Waals surface area contributed by atoms with Crippen molar-refractivity contribution in [1.29, 1.82) is 0 Å². The van der Waals surface area contributed by atoms with E-state index < -0.39 is 0 Å². The Morgan fingerprint density at radius 2 is 1.85 bits per heavy atom. The van der Waals surface area contributed by atoms with Crippen LogP contribution in [0.5, 0.6) is 5.88 Å². The fraction of sp³-hybridized carbons (Fsp3) is 0.308. The van der Waals surface area contributed by atoms with Crippen molar-refractivity contribution in [3.05, 3.63) is 77.1 Å². The second-order valence-corrected chi connectivity index (χ2v) is 8.45. The standard InChI is InChI=1S/C26H26N4O3/c1-30(2)26(31)19-5-3-4-17(14-19)22-15-18(6-10-27-22)24-23-20(16-29-24)7-11-28-25(23)33-21-8-12-32-13-9-21/h3-7,10-11,14-15,21H,8-9,12-13,16H2,1-2H3. The van der Waals surface area contributed by atoms with Gasteiger partial charge in [-0.1, -0.05) is 12.1 Å². The molecule has 0 atom stereocenters. The lowest BCUT2D eigenvalue weighted by molar-refractivity contribution is 0.0236. The molecule has 3 aromatic rings. The Bertz CT molecular complexity index is 1220. The highest BCUT2D eigenvalue weighted by Gasteiger charge is 2.26. The topological polar surface area (TPSA) is 76.9 Å². The zero-order valence-electron chi connectivity index (χ0n) is 18.8. The molecule has 4 heterocycles. The molecule has 2 aliphatic rings. The molecule has 1 fully saturated rings. The van der Waals surface area contributed by atoms with Gasteiger partial charge in [-0.15, -0.1) is 0 Å². The smallest absolute Gasteiger partial charge is 0.253 e. The molecule has 0 spiro atoms. The number of nitrogens with zero attached hydrogens (tertiary/aromatic N) is 4. The van der Waals surface area contributed by atoms with E-state index in [1.54, 1.807) is 31.4 Å². The van der Waals surface area contributed by atoms with Crippen molar-refractivity contribution < 1.29 is 14.3 Å². The number of benzene rings is 1. The number of amides is 1. The number of carbonyl (C=O) groups excluding carboxylic acids is 1. The molecule has 7 heteroatoms. The van der Waals surface area contributed by atoms with Gasteiger partial charge in [0.2, 0.25) is 5.88 Å². The highest BCUT2D eigenvalue weighted by atomic mass is 16.5. The summed E-state index contributed by atoms with van der Waals surface area (Å²) in [5.74, 6) is 0.593. The maximum absolute atomic E-state index is 12.4. The molecule has 0 unspecified atom stereocenters. The summed E-state index contributed by atoms with van der Waals surface area (Å²) in [5, 5.41) is 0. The Labute approximate surface area is 193 Å². The normalized spacial score (nSPS) is 15.6. The number of pyridine rings is 2. The van der Waals surface area contributed by atoms with Gasteiger partial charge in [0.25, 0.3) is 5.91 Å². The molecule has 0 N–H and O–H groups in total. The van der Waals surface area contributed by atoms with Crippen molar-refractivity contribution in [1.82, 2.24) is 14.9 Å². The summed E-state index contributed by atoms with van der Waals surface area (Å²) in [5.41, 5.74) is 6.18. The van der Waals surface area contributed by atoms with Crippen LogP contribution in [-0.4, -0.2) is 59.9 Å². The average molecular weight is 443 g/mol. The number of hydrogen-bond donors (Lipinski definition) is 0. The Morgan fingerprint density at radius 3 is 2.67 bits per heavy atom. The van der Waals surface area contributed by atoms with E-state index in [4.69, 9.17) is 14.5 Å². The molecule has 1 amide bonds. The van der Waals surface area contributed by atoms with Crippen molar-refractivity contribution in [2.75, 3.05) is 27.3 Å². The molecule has 2 aromatic heterocycles. The van der Waals surface area contributed by atoms with Crippen LogP contribution in [0.25, 0.3) is 11.3 Å². The van der Waals surface area contributed by atoms with Gasteiger partial charge in [0.15, 0.2) is 0 Å². The van der Waals surface area contributed by atoms with Crippen LogP contribution in [0, 0.1) is 0 Å². The summed E-state index contributed by atoms with van der Waals surface area (Å²) in [6.45, 7) is 2.02. The third kappa shape index (κ3) is 4.36. The molecular formula is C26H26N4O3. The van der Waals surface area contributed by atoms with Gasteiger partial charge in [0.1, 0.15) is 6.10 Å². The van der Waals surface area contributed by atoms with Crippen LogP contribution in [0.2, 0.25) is 0 Å². The van der Waals surface area contributed by atoms with E-state index in [1.807, 2.05) is 42.5 Å². The quantitative estimate of drug-likeness (QED) is 0.601. The minimum Gasteiger partial charge on any atom is -0.474 e. The summed E-state index contributed by atoms with van der Waals surface area (Å²) in [6, 6.07) is 13.5. The van der Waals surface area contributed by atoms with Crippen LogP contribution in [0.4, 0.5) is 0 Å². The minimum atomic E-state index is -0.0388. The molecule has 33 heavy (non-hydrogen) atoms. The number of ether oxygens (including phenoxy) is 2. The Balaban J connectivity index is 1.47. The second kappa shape index (κ2) is 9.11. The van der Waals surface area contributed by atoms with Gasteiger partial charge >= 0.3 is 0 Å². The maximum Gasteiger partial charge on any atom is 0.253 e. The van der Waals surface area contributed by atoms with E-state index in [0.717, 1.165) is 46.5 Å². The van der Waals surface area contributed by atoms with Crippen LogP contribution in [0.1, 0.15) is 39.9 Å². The molecule has 0 saturated carbocycles. The monoisotopic (exact) mass is 442 g/mol. The average Bonchev–Trinajstić information content (AvgIpc) is 3.30. The third-order valence-electron chi connectivity index (χ3n) is 5.94. The molecular weight excluding hydrogens is 416 g/mol. The van der Waals surface area contributed by atoms with Crippen LogP contribution < -0.4 is 4.74 Å². The van der Waals surface area contributed by atoms with E-state index in [0.29, 0.717) is 31.2 Å². The predicted molar refractivity (Wildman–Crippen MR) is 126 cm³/mol. The number of fused-ring (bicyclic) bond motifs is 1. The fourth-order valence-electron chi connectivity index (χ4n) is 4.19. The predicted octanol–water partition coefficient (Wildman–Crippen LogP) is 3.75. The fourth-order valence-corrected chi connectivity index (χ4v) is 4.19. The van der Waals surface area contributed by atoms with Gasteiger partial charge in [-0.25, -0.2) is 4.98 Å². The third-order valence-corrected chi connectivity index (χ3v) is 5.94. The Kier molecular flexibility index (Phi) is 5.88. The van der Waals surface area contributed by atoms with Crippen LogP contribution in [-0.2, 0) is 11.3 Å². The molecule has 1 aromatic carbocycles. The van der Waals surface area contributed by atoms with Gasteiger partial charge in [0.05, 0.1) is 36.7 Å². The van der Waals surface area contributed by atoms with E-state index in [2.05, 4.69) is 9.97 Å². The van der Waals surface area contributed by atoms with Crippen molar-refractivity contribution >= 4 is 11.6 Å². The first kappa shape index (κ1) is 21.3. The maximum atomic E-state index is 12.4. The lowest BCUT2D eigenvalue weighted by Crippen LogP contribution is -2.27. The van der Waals surface area contributed by atoms with Crippen LogP contribution in [0.3, 0.4) is 0 Å². The lowest BCUT2D eigenvalue weighted by Gasteiger charge is -2.24. The number of hydrogen-bond acceptors (Lipinski definition) is 6. The molecule has 0 aliphatic carbocycles. The number of aromatic nitrogens is 2. The first-order valence-corrected chi connectivity index (χ1v) is 11.2. The molecule has 168 valence electrons. The largest absolute Gasteiger partial charge is 0.474 e. The first-order chi connectivity index (χ1) is 16.1. The van der Waals surface area contributed by atoms with E-state index in [9.17, 15) is 4.79 Å². The summed E-state index contributed by atoms with van der Waals surface area (Å²) in [6.07, 6.45) is 5.39. The summed E-state index contributed by atoms with van der Waals surface area (Å²) < 4.78 is 11.8. The van der Waals surface area contributed by atoms with Crippen LogP contribution >= 0.6 is 0 Å². The van der Waals surface area contributed by atoms with Crippen molar-refractivity contribution in [2.45, 2.75) is 25.5 Å². The number of carbonyl (C=O) groups is 1. The molecule has 5 rings (SSSR count). The Hall–Kier alpha value is -3.58. The van der Waals surface area contributed by atoms with Gasteiger partial charge in [-0.3, -0.25) is 14.8 Å². The van der Waals surface area contributed by atoms with Gasteiger partial charge in [0, 0.05) is 56.0 Å². The minimum absolute atomic E-state index is 0.0388. The summed E-state index contributed by atoms with van der Waals surface area (Å²) in [4.78, 5) is 27.9. The molecule has 1 saturated heterocycles. The molecule has 2 aliphatic heterocycles. The highest BCUT2D eigenvalue weighted by molar-refractivity contribution is 6.16. The second-order valence-electron chi connectivity index (χ2n) is 8.45. The molecule has 7 nitrogen and oxygen atoms in total. The van der Waals surface area contributed by atoms with Gasteiger partial charge in [-0.2, -0.15) is 0 Å². The summed E-state index contributed by atoms with van der Waals surface area (Å²) >= 11 is 0. The van der Waals surface area contributed by atoms with Gasteiger partial charge < -0.3 is 14.4 Å². The van der Waals surface area contributed by atoms with E-state index in [1.165, 1.54) is 0 Å². The van der Waals surface area contributed by atoms with E-state index >= 15 is 0 Å². The highest BCUT2D eigenvalue weighted by Crippen LogP contribution is 2.32. The molecule has 0 bridgehead atoms. The van der Waals surface area contributed by atoms with Crippen molar-refractivity contribution in [2.24, 2.45) is 4.99 Å². The van der Waals surface area contributed by atoms with Gasteiger partial charge in [-0.05, 0) is 35.9 Å². The van der Waals surface area contributed by atoms with Crippen LogP contribution in [0.15, 0.2) is 59.9 Å².